The molecule has 0 radical (unpaired) electrons. The monoisotopic (exact) mass is 227 g/mol. The number of nitrogen functional groups attached to an aromatic ring is 1. The Morgan fingerprint density at radius 3 is 2.59 bits per heavy atom. The zero-order valence-electron chi connectivity index (χ0n) is 9.77. The Bertz CT molecular complexity index is 579. The summed E-state index contributed by atoms with van der Waals surface area (Å²) in [5, 5.41) is 0. The zero-order valence-corrected chi connectivity index (χ0v) is 9.77. The molecular weight excluding hydrogens is 214 g/mol. The molecule has 1 heterocycles. The van der Waals surface area contributed by atoms with Crippen molar-refractivity contribution in [2.45, 2.75) is 13.8 Å². The summed E-state index contributed by atoms with van der Waals surface area (Å²) in [4.78, 5) is 19.6. The third-order valence-electron chi connectivity index (χ3n) is 2.59. The molecule has 1 aromatic carbocycles. The van der Waals surface area contributed by atoms with Crippen molar-refractivity contribution < 1.29 is 4.79 Å². The molecule has 0 saturated carbocycles. The Morgan fingerprint density at radius 1 is 1.24 bits per heavy atom. The van der Waals surface area contributed by atoms with Crippen LogP contribution in [0.5, 0.6) is 0 Å². The molecule has 0 saturated heterocycles. The number of nitrogens with two attached hydrogens (primary N) is 1. The molecular formula is C13H13N3O. The summed E-state index contributed by atoms with van der Waals surface area (Å²) in [6.07, 6.45) is 1.65. The molecule has 4 nitrogen and oxygen atoms in total. The van der Waals surface area contributed by atoms with E-state index in [9.17, 15) is 4.79 Å². The Balaban J connectivity index is 2.64. The smallest absolute Gasteiger partial charge is 0.220 e. The van der Waals surface area contributed by atoms with Crippen LogP contribution in [-0.2, 0) is 0 Å². The first-order chi connectivity index (χ1) is 8.09. The van der Waals surface area contributed by atoms with E-state index in [-0.39, 0.29) is 11.7 Å². The van der Waals surface area contributed by atoms with Gasteiger partial charge in [-0.1, -0.05) is 24.3 Å². The quantitative estimate of drug-likeness (QED) is 0.799. The number of carbonyl (C=O) groups is 1. The molecule has 0 aliphatic carbocycles. The first kappa shape index (κ1) is 11.3. The van der Waals surface area contributed by atoms with Crippen LogP contribution in [0.2, 0.25) is 0 Å². The maximum absolute atomic E-state index is 11.6. The Kier molecular flexibility index (Phi) is 2.87. The van der Waals surface area contributed by atoms with E-state index in [1.54, 1.807) is 19.2 Å². The van der Waals surface area contributed by atoms with Crippen LogP contribution in [0.1, 0.15) is 23.0 Å². The first-order valence-corrected chi connectivity index (χ1v) is 5.29. The average Bonchev–Trinajstić information content (AvgIpc) is 2.29. The topological polar surface area (TPSA) is 68.9 Å². The third-order valence-corrected chi connectivity index (χ3v) is 2.59. The van der Waals surface area contributed by atoms with Crippen molar-refractivity contribution in [2.75, 3.05) is 5.73 Å². The average molecular weight is 227 g/mol. The minimum Gasteiger partial charge on any atom is -0.368 e. The summed E-state index contributed by atoms with van der Waals surface area (Å²) in [6, 6.07) is 7.41. The van der Waals surface area contributed by atoms with E-state index < -0.39 is 0 Å². The maximum Gasteiger partial charge on any atom is 0.220 e. The number of Topliss-reactive ketones (excluding diaryl/α,β-unsaturated/α-hetero) is 1. The molecule has 0 bridgehead atoms. The molecule has 2 rings (SSSR count). The second-order valence-electron chi connectivity index (χ2n) is 3.83. The van der Waals surface area contributed by atoms with Gasteiger partial charge in [0.1, 0.15) is 0 Å². The highest BCUT2D eigenvalue weighted by Gasteiger charge is 2.11. The second kappa shape index (κ2) is 4.33. The van der Waals surface area contributed by atoms with Gasteiger partial charge in [-0.2, -0.15) is 0 Å². The van der Waals surface area contributed by atoms with Crippen LogP contribution in [0.4, 0.5) is 5.95 Å². The number of benzene rings is 1. The molecule has 2 N–H and O–H groups in total. The summed E-state index contributed by atoms with van der Waals surface area (Å²) in [5.41, 5.74) is 8.64. The third kappa shape index (κ3) is 2.15. The minimum absolute atomic E-state index is 0.0248. The zero-order chi connectivity index (χ0) is 12.4. The Morgan fingerprint density at radius 2 is 1.94 bits per heavy atom. The molecule has 0 unspecified atom stereocenters. The van der Waals surface area contributed by atoms with Crippen molar-refractivity contribution in [3.63, 3.8) is 0 Å². The summed E-state index contributed by atoms with van der Waals surface area (Å²) in [6.45, 7) is 3.40. The van der Waals surface area contributed by atoms with Gasteiger partial charge < -0.3 is 5.73 Å². The number of ketones is 1. The van der Waals surface area contributed by atoms with Crippen LogP contribution >= 0.6 is 0 Å². The van der Waals surface area contributed by atoms with Crippen molar-refractivity contribution >= 4 is 11.7 Å². The molecule has 86 valence electrons. The van der Waals surface area contributed by atoms with Crippen LogP contribution in [0.15, 0.2) is 30.5 Å². The summed E-state index contributed by atoms with van der Waals surface area (Å²) in [5.74, 6) is 0.267. The number of aryl methyl sites for hydroxylation is 1. The van der Waals surface area contributed by atoms with E-state index in [0.717, 1.165) is 16.8 Å². The SMILES string of the molecule is CC(=O)c1ccccc1-c1cnc(N)nc1C. The van der Waals surface area contributed by atoms with Gasteiger partial charge in [-0.3, -0.25) is 4.79 Å². The fourth-order valence-electron chi connectivity index (χ4n) is 1.77. The first-order valence-electron chi connectivity index (χ1n) is 5.29. The van der Waals surface area contributed by atoms with E-state index in [1.165, 1.54) is 0 Å². The fourth-order valence-corrected chi connectivity index (χ4v) is 1.77. The van der Waals surface area contributed by atoms with E-state index in [1.807, 2.05) is 25.1 Å². The molecule has 0 spiro atoms. The van der Waals surface area contributed by atoms with Gasteiger partial charge in [0.05, 0.1) is 5.69 Å². The van der Waals surface area contributed by atoms with Crippen LogP contribution in [0, 0.1) is 6.92 Å². The highest BCUT2D eigenvalue weighted by molar-refractivity contribution is 6.00. The number of nitrogens with zero attached hydrogens (tertiary/aromatic N) is 2. The normalized spacial score (nSPS) is 10.2. The van der Waals surface area contributed by atoms with Crippen LogP contribution in [-0.4, -0.2) is 15.8 Å². The van der Waals surface area contributed by atoms with Crippen LogP contribution in [0.25, 0.3) is 11.1 Å². The van der Waals surface area contributed by atoms with Gasteiger partial charge in [-0.25, -0.2) is 9.97 Å². The van der Waals surface area contributed by atoms with Crippen molar-refractivity contribution in [3.8, 4) is 11.1 Å². The minimum atomic E-state index is 0.0248. The van der Waals surface area contributed by atoms with E-state index >= 15 is 0 Å². The fraction of sp³-hybridized carbons (Fsp3) is 0.154. The lowest BCUT2D eigenvalue weighted by molar-refractivity contribution is 0.101. The van der Waals surface area contributed by atoms with Crippen molar-refractivity contribution in [1.82, 2.24) is 9.97 Å². The predicted molar refractivity (Wildman–Crippen MR) is 66.6 cm³/mol. The molecule has 0 fully saturated rings. The Labute approximate surface area is 99.5 Å². The van der Waals surface area contributed by atoms with Gasteiger partial charge in [-0.05, 0) is 19.4 Å². The van der Waals surface area contributed by atoms with Gasteiger partial charge in [0, 0.05) is 17.3 Å². The summed E-state index contributed by atoms with van der Waals surface area (Å²) in [7, 11) is 0. The number of hydrogen-bond donors (Lipinski definition) is 1. The van der Waals surface area contributed by atoms with Crippen molar-refractivity contribution in [2.24, 2.45) is 0 Å². The predicted octanol–water partition coefficient (Wildman–Crippen LogP) is 2.24. The van der Waals surface area contributed by atoms with Gasteiger partial charge in [0.2, 0.25) is 5.95 Å². The number of aromatic nitrogens is 2. The number of rotatable bonds is 2. The standard InChI is InChI=1S/C13H13N3O/c1-8-12(7-15-13(14)16-8)11-6-4-3-5-10(11)9(2)17/h3-7H,1-2H3,(H2,14,15,16). The lowest BCUT2D eigenvalue weighted by atomic mass is 9.98. The molecule has 0 amide bonds. The Hall–Kier alpha value is -2.23. The molecule has 0 atom stereocenters. The number of carbonyl (C=O) groups excluding carboxylic acids is 1. The summed E-state index contributed by atoms with van der Waals surface area (Å²) < 4.78 is 0. The van der Waals surface area contributed by atoms with Crippen LogP contribution < -0.4 is 5.73 Å². The second-order valence-corrected chi connectivity index (χ2v) is 3.83. The molecule has 0 aliphatic heterocycles. The van der Waals surface area contributed by atoms with Gasteiger partial charge >= 0.3 is 0 Å². The largest absolute Gasteiger partial charge is 0.368 e. The van der Waals surface area contributed by atoms with Gasteiger partial charge in [-0.15, -0.1) is 0 Å². The number of anilines is 1. The van der Waals surface area contributed by atoms with Gasteiger partial charge in [0.15, 0.2) is 5.78 Å². The highest BCUT2D eigenvalue weighted by Crippen LogP contribution is 2.25. The van der Waals surface area contributed by atoms with E-state index in [4.69, 9.17) is 5.73 Å². The lowest BCUT2D eigenvalue weighted by Gasteiger charge is -2.09. The van der Waals surface area contributed by atoms with Crippen LogP contribution in [0.3, 0.4) is 0 Å². The number of hydrogen-bond acceptors (Lipinski definition) is 4. The van der Waals surface area contributed by atoms with Crippen molar-refractivity contribution in [1.29, 1.82) is 0 Å². The maximum atomic E-state index is 11.6. The highest BCUT2D eigenvalue weighted by atomic mass is 16.1. The molecule has 1 aromatic heterocycles. The van der Waals surface area contributed by atoms with Gasteiger partial charge in [0.25, 0.3) is 0 Å². The van der Waals surface area contributed by atoms with E-state index in [0.29, 0.717) is 5.56 Å². The molecule has 0 aliphatic rings. The molecule has 2 aromatic rings. The molecule has 4 heteroatoms. The lowest BCUT2D eigenvalue weighted by Crippen LogP contribution is -2.01. The van der Waals surface area contributed by atoms with E-state index in [2.05, 4.69) is 9.97 Å². The van der Waals surface area contributed by atoms with Crippen molar-refractivity contribution in [3.05, 3.63) is 41.7 Å². The molecule has 17 heavy (non-hydrogen) atoms. The summed E-state index contributed by atoms with van der Waals surface area (Å²) >= 11 is 0.